The topological polar surface area (TPSA) is 41.6 Å². The molecule has 0 bridgehead atoms. The van der Waals surface area contributed by atoms with Gasteiger partial charge in [-0.1, -0.05) is 6.07 Å². The molecular weight excluding hydrogens is 228 g/mol. The lowest BCUT2D eigenvalue weighted by Crippen LogP contribution is -2.43. The smallest absolute Gasteiger partial charge is 0.251 e. The highest BCUT2D eigenvalue weighted by atomic mass is 16.5. The number of amides is 1. The van der Waals surface area contributed by atoms with E-state index in [0.29, 0.717) is 17.4 Å². The van der Waals surface area contributed by atoms with Crippen LogP contribution in [0.2, 0.25) is 0 Å². The fourth-order valence-corrected chi connectivity index (χ4v) is 2.19. The van der Waals surface area contributed by atoms with Gasteiger partial charge in [-0.2, -0.15) is 0 Å². The van der Waals surface area contributed by atoms with Crippen LogP contribution < -0.4 is 10.1 Å². The van der Waals surface area contributed by atoms with Crippen molar-refractivity contribution >= 4 is 5.91 Å². The van der Waals surface area contributed by atoms with Crippen molar-refractivity contribution in [1.29, 1.82) is 0 Å². The first kappa shape index (κ1) is 12.9. The quantitative estimate of drug-likeness (QED) is 0.881. The minimum atomic E-state index is -0.0107. The van der Waals surface area contributed by atoms with E-state index in [-0.39, 0.29) is 5.91 Å². The van der Waals surface area contributed by atoms with Crippen molar-refractivity contribution in [2.75, 3.05) is 27.2 Å². The lowest BCUT2D eigenvalue weighted by atomic mass is 10.0. The predicted octanol–water partition coefficient (Wildman–Crippen LogP) is 1.52. The highest BCUT2D eigenvalue weighted by Gasteiger charge is 2.19. The number of hydrogen-bond acceptors (Lipinski definition) is 3. The van der Waals surface area contributed by atoms with E-state index < -0.39 is 0 Å². The number of carbonyl (C=O) groups is 1. The van der Waals surface area contributed by atoms with Gasteiger partial charge in [0.1, 0.15) is 5.75 Å². The number of ether oxygens (including phenoxy) is 1. The third kappa shape index (κ3) is 3.23. The van der Waals surface area contributed by atoms with Gasteiger partial charge in [0.15, 0.2) is 0 Å². The maximum absolute atomic E-state index is 12.1. The van der Waals surface area contributed by atoms with Crippen LogP contribution in [0.4, 0.5) is 0 Å². The number of likely N-dealkylation sites (tertiary alicyclic amines) is 1. The van der Waals surface area contributed by atoms with E-state index in [1.807, 2.05) is 18.2 Å². The van der Waals surface area contributed by atoms with Crippen LogP contribution in [0.1, 0.15) is 23.2 Å². The molecule has 1 N–H and O–H groups in total. The van der Waals surface area contributed by atoms with E-state index in [2.05, 4.69) is 17.3 Å². The molecule has 0 aromatic heterocycles. The average Bonchev–Trinajstić information content (AvgIpc) is 2.41. The highest BCUT2D eigenvalue weighted by molar-refractivity contribution is 5.94. The fourth-order valence-electron chi connectivity index (χ4n) is 2.19. The van der Waals surface area contributed by atoms with Crippen molar-refractivity contribution in [2.24, 2.45) is 0 Å². The molecule has 0 spiro atoms. The number of rotatable bonds is 3. The van der Waals surface area contributed by atoms with Gasteiger partial charge in [-0.15, -0.1) is 0 Å². The second kappa shape index (κ2) is 5.87. The van der Waals surface area contributed by atoms with Crippen LogP contribution in [-0.2, 0) is 0 Å². The molecule has 1 aliphatic rings. The van der Waals surface area contributed by atoms with Gasteiger partial charge >= 0.3 is 0 Å². The zero-order chi connectivity index (χ0) is 13.0. The fraction of sp³-hybridized carbons (Fsp3) is 0.500. The molecule has 1 amide bonds. The number of carbonyl (C=O) groups excluding carboxylic acids is 1. The van der Waals surface area contributed by atoms with Gasteiger partial charge in [0.25, 0.3) is 5.91 Å². The summed E-state index contributed by atoms with van der Waals surface area (Å²) in [5.41, 5.74) is 0.660. The monoisotopic (exact) mass is 248 g/mol. The van der Waals surface area contributed by atoms with Crippen LogP contribution >= 0.6 is 0 Å². The van der Waals surface area contributed by atoms with Crippen LogP contribution in [0.15, 0.2) is 24.3 Å². The van der Waals surface area contributed by atoms with Gasteiger partial charge in [0, 0.05) is 11.6 Å². The number of nitrogens with zero attached hydrogens (tertiary/aromatic N) is 1. The molecule has 1 aliphatic heterocycles. The molecule has 4 nitrogen and oxygen atoms in total. The molecule has 98 valence electrons. The maximum Gasteiger partial charge on any atom is 0.251 e. The average molecular weight is 248 g/mol. The summed E-state index contributed by atoms with van der Waals surface area (Å²) in [5.74, 6) is 0.703. The van der Waals surface area contributed by atoms with Crippen molar-refractivity contribution in [3.05, 3.63) is 29.8 Å². The number of methoxy groups -OCH3 is 1. The van der Waals surface area contributed by atoms with E-state index in [9.17, 15) is 4.79 Å². The Morgan fingerprint density at radius 1 is 1.39 bits per heavy atom. The van der Waals surface area contributed by atoms with Crippen molar-refractivity contribution in [3.63, 3.8) is 0 Å². The molecule has 4 heteroatoms. The molecule has 0 unspecified atom stereocenters. The summed E-state index contributed by atoms with van der Waals surface area (Å²) < 4.78 is 5.12. The van der Waals surface area contributed by atoms with Crippen LogP contribution in [0.25, 0.3) is 0 Å². The van der Waals surface area contributed by atoms with Crippen molar-refractivity contribution < 1.29 is 9.53 Å². The van der Waals surface area contributed by atoms with Gasteiger partial charge in [-0.25, -0.2) is 0 Å². The lowest BCUT2D eigenvalue weighted by Gasteiger charge is -2.29. The summed E-state index contributed by atoms with van der Waals surface area (Å²) in [6.45, 7) is 2.09. The molecule has 1 heterocycles. The summed E-state index contributed by atoms with van der Waals surface area (Å²) in [5, 5.41) is 3.09. The van der Waals surface area contributed by atoms with Crippen molar-refractivity contribution in [3.8, 4) is 5.75 Å². The standard InChI is InChI=1S/C14H20N2O2/c1-16-8-6-12(7-9-16)15-14(17)11-4-3-5-13(10-11)18-2/h3-5,10,12H,6-9H2,1-2H3,(H,15,17). The van der Waals surface area contributed by atoms with Crippen LogP contribution in [0.5, 0.6) is 5.75 Å². The summed E-state index contributed by atoms with van der Waals surface area (Å²) in [4.78, 5) is 14.4. The summed E-state index contributed by atoms with van der Waals surface area (Å²) in [6, 6.07) is 7.55. The molecule has 1 fully saturated rings. The molecule has 0 atom stereocenters. The second-order valence-corrected chi connectivity index (χ2v) is 4.78. The summed E-state index contributed by atoms with van der Waals surface area (Å²) in [6.07, 6.45) is 2.04. The molecule has 1 aromatic carbocycles. The molecule has 1 saturated heterocycles. The second-order valence-electron chi connectivity index (χ2n) is 4.78. The highest BCUT2D eigenvalue weighted by Crippen LogP contribution is 2.14. The normalized spacial score (nSPS) is 17.4. The van der Waals surface area contributed by atoms with E-state index in [1.165, 1.54) is 0 Å². The molecular formula is C14H20N2O2. The molecule has 0 radical (unpaired) electrons. The van der Waals surface area contributed by atoms with Crippen molar-refractivity contribution in [1.82, 2.24) is 10.2 Å². The number of nitrogens with one attached hydrogen (secondary N) is 1. The van der Waals surface area contributed by atoms with Crippen molar-refractivity contribution in [2.45, 2.75) is 18.9 Å². The minimum absolute atomic E-state index is 0.0107. The predicted molar refractivity (Wildman–Crippen MR) is 71.0 cm³/mol. The SMILES string of the molecule is COc1cccc(C(=O)NC2CCN(C)CC2)c1. The number of benzene rings is 1. The van der Waals surface area contributed by atoms with Gasteiger partial charge in [-0.3, -0.25) is 4.79 Å². The Hall–Kier alpha value is -1.55. The first-order valence-electron chi connectivity index (χ1n) is 6.32. The first-order valence-corrected chi connectivity index (χ1v) is 6.32. The zero-order valence-electron chi connectivity index (χ0n) is 11.0. The Kier molecular flexibility index (Phi) is 4.20. The van der Waals surface area contributed by atoms with E-state index in [1.54, 1.807) is 13.2 Å². The molecule has 18 heavy (non-hydrogen) atoms. The van der Waals surface area contributed by atoms with Gasteiger partial charge in [0.05, 0.1) is 7.11 Å². The third-order valence-corrected chi connectivity index (χ3v) is 3.39. The summed E-state index contributed by atoms with van der Waals surface area (Å²) >= 11 is 0. The largest absolute Gasteiger partial charge is 0.497 e. The number of hydrogen-bond donors (Lipinski definition) is 1. The molecule has 2 rings (SSSR count). The van der Waals surface area contributed by atoms with E-state index >= 15 is 0 Å². The Bertz CT molecular complexity index is 412. The molecule has 0 saturated carbocycles. The van der Waals surface area contributed by atoms with Crippen LogP contribution in [-0.4, -0.2) is 44.1 Å². The third-order valence-electron chi connectivity index (χ3n) is 3.39. The van der Waals surface area contributed by atoms with Gasteiger partial charge < -0.3 is 15.0 Å². The van der Waals surface area contributed by atoms with E-state index in [4.69, 9.17) is 4.74 Å². The van der Waals surface area contributed by atoms with Gasteiger partial charge in [-0.05, 0) is 51.2 Å². The zero-order valence-corrected chi connectivity index (χ0v) is 11.0. The Labute approximate surface area is 108 Å². The number of piperidine rings is 1. The maximum atomic E-state index is 12.1. The molecule has 0 aliphatic carbocycles. The lowest BCUT2D eigenvalue weighted by molar-refractivity contribution is 0.0916. The Morgan fingerprint density at radius 2 is 2.11 bits per heavy atom. The minimum Gasteiger partial charge on any atom is -0.497 e. The Balaban J connectivity index is 1.94. The summed E-state index contributed by atoms with van der Waals surface area (Å²) in [7, 11) is 3.72. The Morgan fingerprint density at radius 3 is 2.78 bits per heavy atom. The van der Waals surface area contributed by atoms with Crippen LogP contribution in [0.3, 0.4) is 0 Å². The van der Waals surface area contributed by atoms with Gasteiger partial charge in [0.2, 0.25) is 0 Å². The van der Waals surface area contributed by atoms with Crippen LogP contribution in [0, 0.1) is 0 Å². The van der Waals surface area contributed by atoms with E-state index in [0.717, 1.165) is 25.9 Å². The first-order chi connectivity index (χ1) is 8.69. The molecule has 1 aromatic rings.